The number of carbonyl (C=O) groups is 2. The van der Waals surface area contributed by atoms with Gasteiger partial charge in [-0.25, -0.2) is 0 Å². The maximum absolute atomic E-state index is 12.5. The van der Waals surface area contributed by atoms with Crippen LogP contribution in [0.1, 0.15) is 26.2 Å². The summed E-state index contributed by atoms with van der Waals surface area (Å²) in [7, 11) is 3.98. The van der Waals surface area contributed by atoms with Crippen LogP contribution < -0.4 is 10.2 Å². The fourth-order valence-corrected chi connectivity index (χ4v) is 3.60. The Balaban J connectivity index is 1.48. The molecule has 3 rings (SSSR count). The number of hydrogen-bond acceptors (Lipinski definition) is 4. The Kier molecular flexibility index (Phi) is 6.37. The molecule has 1 heterocycles. The zero-order valence-corrected chi connectivity index (χ0v) is 16.8. The van der Waals surface area contributed by atoms with Crippen LogP contribution >= 0.6 is 0 Å². The van der Waals surface area contributed by atoms with Crippen LogP contribution in [0.15, 0.2) is 24.3 Å². The van der Waals surface area contributed by atoms with E-state index in [4.69, 9.17) is 0 Å². The zero-order chi connectivity index (χ0) is 19.4. The molecule has 0 spiro atoms. The first-order valence-electron chi connectivity index (χ1n) is 10.1. The molecule has 2 atom stereocenters. The van der Waals surface area contributed by atoms with Crippen LogP contribution in [0, 0.1) is 11.8 Å². The van der Waals surface area contributed by atoms with E-state index in [1.54, 1.807) is 4.90 Å². The minimum atomic E-state index is -0.182. The van der Waals surface area contributed by atoms with Crippen LogP contribution in [0.25, 0.3) is 0 Å². The first-order valence-corrected chi connectivity index (χ1v) is 10.1. The van der Waals surface area contributed by atoms with E-state index in [2.05, 4.69) is 41.2 Å². The van der Waals surface area contributed by atoms with Gasteiger partial charge in [0.1, 0.15) is 0 Å². The predicted molar refractivity (Wildman–Crippen MR) is 109 cm³/mol. The van der Waals surface area contributed by atoms with Gasteiger partial charge in [-0.1, -0.05) is 13.3 Å². The molecule has 6 heteroatoms. The molecule has 0 bridgehead atoms. The first-order chi connectivity index (χ1) is 13.0. The molecule has 0 radical (unpaired) electrons. The molecule has 1 aromatic rings. The number of hydrogen-bond donors (Lipinski definition) is 1. The van der Waals surface area contributed by atoms with Crippen LogP contribution in [0.4, 0.5) is 11.4 Å². The summed E-state index contributed by atoms with van der Waals surface area (Å²) >= 11 is 0. The minimum Gasteiger partial charge on any atom is -0.369 e. The smallest absolute Gasteiger partial charge is 0.228 e. The molecule has 6 nitrogen and oxygen atoms in total. The molecule has 0 aromatic heterocycles. The molecule has 1 saturated carbocycles. The van der Waals surface area contributed by atoms with E-state index in [0.717, 1.165) is 51.3 Å². The lowest BCUT2D eigenvalue weighted by Gasteiger charge is -2.34. The number of benzene rings is 1. The van der Waals surface area contributed by atoms with Crippen molar-refractivity contribution in [2.45, 2.75) is 26.2 Å². The van der Waals surface area contributed by atoms with Crippen molar-refractivity contribution in [1.82, 2.24) is 9.80 Å². The lowest BCUT2D eigenvalue weighted by molar-refractivity contribution is -0.132. The van der Waals surface area contributed by atoms with Gasteiger partial charge in [-0.3, -0.25) is 9.59 Å². The molecule has 1 aromatic carbocycles. The third kappa shape index (κ3) is 5.01. The molecule has 2 fully saturated rings. The molecule has 2 aliphatic rings. The van der Waals surface area contributed by atoms with Crippen LogP contribution in [0.5, 0.6) is 0 Å². The van der Waals surface area contributed by atoms with E-state index < -0.39 is 0 Å². The summed E-state index contributed by atoms with van der Waals surface area (Å²) in [6.07, 6.45) is 2.74. The summed E-state index contributed by atoms with van der Waals surface area (Å²) in [5.41, 5.74) is 1.99. The second kappa shape index (κ2) is 8.74. The molecule has 2 amide bonds. The van der Waals surface area contributed by atoms with Crippen molar-refractivity contribution < 1.29 is 9.59 Å². The summed E-state index contributed by atoms with van der Waals surface area (Å²) in [6.45, 7) is 7.08. The molecular formula is C21H32N4O2. The van der Waals surface area contributed by atoms with Crippen molar-refractivity contribution in [3.63, 3.8) is 0 Å². The highest BCUT2D eigenvalue weighted by Crippen LogP contribution is 2.40. The summed E-state index contributed by atoms with van der Waals surface area (Å²) < 4.78 is 0. The summed E-state index contributed by atoms with van der Waals surface area (Å²) in [5, 5.41) is 2.97. The highest BCUT2D eigenvalue weighted by molar-refractivity contribution is 5.99. The lowest BCUT2D eigenvalue weighted by Crippen LogP contribution is -2.44. The first kappa shape index (κ1) is 19.7. The molecule has 1 N–H and O–H groups in total. The quantitative estimate of drug-likeness (QED) is 0.798. The van der Waals surface area contributed by atoms with Gasteiger partial charge in [-0.05, 0) is 44.2 Å². The Morgan fingerprint density at radius 3 is 2.41 bits per heavy atom. The van der Waals surface area contributed by atoms with Gasteiger partial charge >= 0.3 is 0 Å². The van der Waals surface area contributed by atoms with Gasteiger partial charge in [0.15, 0.2) is 0 Å². The van der Waals surface area contributed by atoms with Gasteiger partial charge in [-0.15, -0.1) is 0 Å². The lowest BCUT2D eigenvalue weighted by atomic mass is 10.2. The van der Waals surface area contributed by atoms with Gasteiger partial charge in [0.25, 0.3) is 0 Å². The maximum atomic E-state index is 12.5. The largest absolute Gasteiger partial charge is 0.369 e. The molecule has 2 unspecified atom stereocenters. The maximum Gasteiger partial charge on any atom is 0.228 e. The second-order valence-corrected chi connectivity index (χ2v) is 7.89. The molecular weight excluding hydrogens is 340 g/mol. The van der Waals surface area contributed by atoms with Gasteiger partial charge in [-0.2, -0.15) is 0 Å². The van der Waals surface area contributed by atoms with E-state index in [9.17, 15) is 9.59 Å². The number of piperazine rings is 1. The van der Waals surface area contributed by atoms with Crippen molar-refractivity contribution in [1.29, 1.82) is 0 Å². The number of carbonyl (C=O) groups excluding carboxylic acids is 2. The molecule has 1 saturated heterocycles. The van der Waals surface area contributed by atoms with Gasteiger partial charge < -0.3 is 20.0 Å². The van der Waals surface area contributed by atoms with Crippen LogP contribution in [-0.4, -0.2) is 68.4 Å². The van der Waals surface area contributed by atoms with Crippen molar-refractivity contribution in [3.05, 3.63) is 24.3 Å². The molecule has 1 aliphatic heterocycles. The number of likely N-dealkylation sites (N-methyl/N-ethyl adjacent to an activating group) is 1. The number of nitrogens with zero attached hydrogens (tertiary/aromatic N) is 3. The van der Waals surface area contributed by atoms with E-state index in [-0.39, 0.29) is 23.7 Å². The number of anilines is 2. The Morgan fingerprint density at radius 1 is 1.11 bits per heavy atom. The summed E-state index contributed by atoms with van der Waals surface area (Å²) in [4.78, 5) is 31.3. The van der Waals surface area contributed by atoms with Crippen molar-refractivity contribution in [3.8, 4) is 0 Å². The normalized spacial score (nSPS) is 22.4. The summed E-state index contributed by atoms with van der Waals surface area (Å²) in [5.74, 6) is -0.256. The second-order valence-electron chi connectivity index (χ2n) is 7.89. The van der Waals surface area contributed by atoms with Crippen molar-refractivity contribution in [2.24, 2.45) is 11.8 Å². The number of unbranched alkanes of at least 4 members (excludes halogenated alkanes) is 1. The molecule has 27 heavy (non-hydrogen) atoms. The fraction of sp³-hybridized carbons (Fsp3) is 0.619. The van der Waals surface area contributed by atoms with E-state index in [1.165, 1.54) is 5.69 Å². The van der Waals surface area contributed by atoms with Crippen LogP contribution in [-0.2, 0) is 9.59 Å². The van der Waals surface area contributed by atoms with E-state index >= 15 is 0 Å². The third-order valence-electron chi connectivity index (χ3n) is 5.67. The average molecular weight is 373 g/mol. The summed E-state index contributed by atoms with van der Waals surface area (Å²) in [6, 6.07) is 8.04. The Hall–Kier alpha value is -2.08. The highest BCUT2D eigenvalue weighted by atomic mass is 16.2. The molecule has 148 valence electrons. The Labute approximate surface area is 162 Å². The SMILES string of the molecule is CCCCN(C)C(=O)C1CC1C(=O)Nc1ccc(N2CCN(C)CC2)cc1. The number of amides is 2. The van der Waals surface area contributed by atoms with Crippen LogP contribution in [0.3, 0.4) is 0 Å². The van der Waals surface area contributed by atoms with Crippen molar-refractivity contribution in [2.75, 3.05) is 57.0 Å². The van der Waals surface area contributed by atoms with Gasteiger partial charge in [0.2, 0.25) is 11.8 Å². The standard InChI is InChI=1S/C21H32N4O2/c1-4-5-10-24(3)21(27)19-15-18(19)20(26)22-16-6-8-17(9-7-16)25-13-11-23(2)12-14-25/h6-9,18-19H,4-5,10-15H2,1-3H3,(H,22,26). The zero-order valence-electron chi connectivity index (χ0n) is 16.8. The Morgan fingerprint density at radius 2 is 1.78 bits per heavy atom. The van der Waals surface area contributed by atoms with Crippen molar-refractivity contribution >= 4 is 23.2 Å². The molecule has 1 aliphatic carbocycles. The Bertz CT molecular complexity index is 653. The topological polar surface area (TPSA) is 55.9 Å². The monoisotopic (exact) mass is 372 g/mol. The minimum absolute atomic E-state index is 0.0374. The van der Waals surface area contributed by atoms with E-state index in [0.29, 0.717) is 6.42 Å². The van der Waals surface area contributed by atoms with Crippen LogP contribution in [0.2, 0.25) is 0 Å². The average Bonchev–Trinajstić information content (AvgIpc) is 3.48. The highest BCUT2D eigenvalue weighted by Gasteiger charge is 2.48. The fourth-order valence-electron chi connectivity index (χ4n) is 3.60. The predicted octanol–water partition coefficient (Wildman–Crippen LogP) is 2.27. The number of rotatable bonds is 7. The van der Waals surface area contributed by atoms with Gasteiger partial charge in [0, 0.05) is 51.1 Å². The third-order valence-corrected chi connectivity index (χ3v) is 5.67. The van der Waals surface area contributed by atoms with Gasteiger partial charge in [0.05, 0.1) is 11.8 Å². The number of nitrogens with one attached hydrogen (secondary N) is 1. The van der Waals surface area contributed by atoms with E-state index in [1.807, 2.05) is 19.2 Å².